The van der Waals surface area contributed by atoms with Crippen LogP contribution in [0.2, 0.25) is 0 Å². The van der Waals surface area contributed by atoms with Crippen LogP contribution in [0.3, 0.4) is 0 Å². The third-order valence-electron chi connectivity index (χ3n) is 4.34. The zero-order valence-corrected chi connectivity index (χ0v) is 17.8. The van der Waals surface area contributed by atoms with Crippen LogP contribution in [0.4, 0.5) is 0 Å². The first-order valence-corrected chi connectivity index (χ1v) is 9.53. The molecule has 1 N–H and O–H groups in total. The van der Waals surface area contributed by atoms with Crippen LogP contribution in [0, 0.1) is 0 Å². The predicted molar refractivity (Wildman–Crippen MR) is 112 cm³/mol. The van der Waals surface area contributed by atoms with Crippen molar-refractivity contribution in [2.75, 3.05) is 39.3 Å². The molecule has 1 atom stereocenters. The van der Waals surface area contributed by atoms with E-state index in [0.717, 1.165) is 45.2 Å². The number of nitrogens with zero attached hydrogens (tertiary/aromatic N) is 3. The van der Waals surface area contributed by atoms with Crippen LogP contribution in [-0.2, 0) is 0 Å². The van der Waals surface area contributed by atoms with Crippen molar-refractivity contribution in [3.8, 4) is 0 Å². The second-order valence-corrected chi connectivity index (χ2v) is 6.46. The second kappa shape index (κ2) is 11.3. The Morgan fingerprint density at radius 2 is 2.00 bits per heavy atom. The number of nitrogens with one attached hydrogen (secondary N) is 1. The Kier molecular flexibility index (Phi) is 10.1. The van der Waals surface area contributed by atoms with Gasteiger partial charge >= 0.3 is 0 Å². The Morgan fingerprint density at radius 3 is 2.52 bits per heavy atom. The second-order valence-electron chi connectivity index (χ2n) is 5.68. The summed E-state index contributed by atoms with van der Waals surface area (Å²) in [6.45, 7) is 12.8. The van der Waals surface area contributed by atoms with Crippen molar-refractivity contribution in [2.24, 2.45) is 4.99 Å². The van der Waals surface area contributed by atoms with Crippen LogP contribution in [0.1, 0.15) is 45.2 Å². The number of aliphatic imine (C=N–C) groups is 1. The molecule has 2 heterocycles. The molecule has 1 unspecified atom stereocenters. The van der Waals surface area contributed by atoms with E-state index in [4.69, 9.17) is 4.99 Å². The molecule has 0 saturated carbocycles. The van der Waals surface area contributed by atoms with E-state index in [1.54, 1.807) is 11.3 Å². The number of hydrogen-bond donors (Lipinski definition) is 1. The van der Waals surface area contributed by atoms with Gasteiger partial charge in [0.15, 0.2) is 5.96 Å². The SMILES string of the molecule is CCNC(=NCC(c1ccsc1)N(CC)CC)N1CCCC1.I. The van der Waals surface area contributed by atoms with E-state index in [-0.39, 0.29) is 24.0 Å². The number of halogens is 1. The zero-order chi connectivity index (χ0) is 15.8. The number of guanidine groups is 1. The quantitative estimate of drug-likeness (QED) is 0.390. The molecule has 132 valence electrons. The highest BCUT2D eigenvalue weighted by molar-refractivity contribution is 14.0. The van der Waals surface area contributed by atoms with E-state index in [2.05, 4.69) is 52.7 Å². The Balaban J connectivity index is 0.00000264. The monoisotopic (exact) mass is 450 g/mol. The lowest BCUT2D eigenvalue weighted by molar-refractivity contribution is 0.224. The lowest BCUT2D eigenvalue weighted by Gasteiger charge is -2.29. The lowest BCUT2D eigenvalue weighted by Crippen LogP contribution is -2.40. The van der Waals surface area contributed by atoms with Gasteiger partial charge in [-0.3, -0.25) is 9.89 Å². The van der Waals surface area contributed by atoms with Crippen LogP contribution in [0.5, 0.6) is 0 Å². The molecule has 0 aliphatic carbocycles. The molecule has 1 aromatic heterocycles. The molecular weight excluding hydrogens is 419 g/mol. The van der Waals surface area contributed by atoms with E-state index in [0.29, 0.717) is 6.04 Å². The lowest BCUT2D eigenvalue weighted by atomic mass is 10.1. The molecule has 0 aromatic carbocycles. The average Bonchev–Trinajstić information content (AvgIpc) is 3.23. The molecule has 0 spiro atoms. The first-order chi connectivity index (χ1) is 10.8. The summed E-state index contributed by atoms with van der Waals surface area (Å²) < 4.78 is 0. The number of hydrogen-bond acceptors (Lipinski definition) is 3. The minimum absolute atomic E-state index is 0. The van der Waals surface area contributed by atoms with Gasteiger partial charge in [0.05, 0.1) is 12.6 Å². The number of thiophene rings is 1. The van der Waals surface area contributed by atoms with Crippen LogP contribution < -0.4 is 5.32 Å². The van der Waals surface area contributed by atoms with Crippen molar-refractivity contribution in [1.82, 2.24) is 15.1 Å². The van der Waals surface area contributed by atoms with E-state index >= 15 is 0 Å². The molecule has 1 aromatic rings. The molecule has 0 amide bonds. The molecule has 1 saturated heterocycles. The highest BCUT2D eigenvalue weighted by Gasteiger charge is 2.20. The van der Waals surface area contributed by atoms with Gasteiger partial charge < -0.3 is 10.2 Å². The highest BCUT2D eigenvalue weighted by Crippen LogP contribution is 2.23. The van der Waals surface area contributed by atoms with Crippen molar-refractivity contribution in [1.29, 1.82) is 0 Å². The summed E-state index contributed by atoms with van der Waals surface area (Å²) in [5, 5.41) is 7.89. The van der Waals surface area contributed by atoms with Crippen LogP contribution in [-0.4, -0.2) is 55.0 Å². The molecule has 4 nitrogen and oxygen atoms in total. The summed E-state index contributed by atoms with van der Waals surface area (Å²) in [5.74, 6) is 1.09. The molecular formula is C17H31IN4S. The van der Waals surface area contributed by atoms with Gasteiger partial charge in [0.25, 0.3) is 0 Å². The fraction of sp³-hybridized carbons (Fsp3) is 0.706. The maximum absolute atomic E-state index is 4.96. The smallest absolute Gasteiger partial charge is 0.193 e. The van der Waals surface area contributed by atoms with E-state index in [1.807, 2.05) is 0 Å². The van der Waals surface area contributed by atoms with Gasteiger partial charge in [-0.15, -0.1) is 24.0 Å². The van der Waals surface area contributed by atoms with Gasteiger partial charge in [-0.05, 0) is 55.2 Å². The Morgan fingerprint density at radius 1 is 1.30 bits per heavy atom. The highest BCUT2D eigenvalue weighted by atomic mass is 127. The topological polar surface area (TPSA) is 30.9 Å². The Bertz CT molecular complexity index is 439. The summed E-state index contributed by atoms with van der Waals surface area (Å²) in [6.07, 6.45) is 2.57. The Labute approximate surface area is 162 Å². The first-order valence-electron chi connectivity index (χ1n) is 8.59. The minimum atomic E-state index is 0. The van der Waals surface area contributed by atoms with E-state index in [9.17, 15) is 0 Å². The number of likely N-dealkylation sites (tertiary alicyclic amines) is 1. The van der Waals surface area contributed by atoms with Crippen LogP contribution >= 0.6 is 35.3 Å². The third kappa shape index (κ3) is 5.90. The van der Waals surface area contributed by atoms with Crippen LogP contribution in [0.15, 0.2) is 21.8 Å². The third-order valence-corrected chi connectivity index (χ3v) is 5.04. The summed E-state index contributed by atoms with van der Waals surface area (Å²) in [4.78, 5) is 9.86. The maximum atomic E-state index is 4.96. The normalized spacial score (nSPS) is 16.5. The fourth-order valence-electron chi connectivity index (χ4n) is 3.09. The molecule has 1 aliphatic heterocycles. The first kappa shape index (κ1) is 20.7. The van der Waals surface area contributed by atoms with Gasteiger partial charge in [0.2, 0.25) is 0 Å². The summed E-state index contributed by atoms with van der Waals surface area (Å²) in [5.41, 5.74) is 1.40. The maximum Gasteiger partial charge on any atom is 0.193 e. The zero-order valence-electron chi connectivity index (χ0n) is 14.6. The number of likely N-dealkylation sites (N-methyl/N-ethyl adjacent to an activating group) is 1. The van der Waals surface area contributed by atoms with Gasteiger partial charge in [0.1, 0.15) is 0 Å². The molecule has 0 radical (unpaired) electrons. The molecule has 2 rings (SSSR count). The van der Waals surface area contributed by atoms with E-state index < -0.39 is 0 Å². The van der Waals surface area contributed by atoms with Crippen molar-refractivity contribution in [2.45, 2.75) is 39.7 Å². The summed E-state index contributed by atoms with van der Waals surface area (Å²) >= 11 is 1.77. The van der Waals surface area contributed by atoms with Crippen molar-refractivity contribution in [3.05, 3.63) is 22.4 Å². The van der Waals surface area contributed by atoms with Gasteiger partial charge in [0, 0.05) is 19.6 Å². The van der Waals surface area contributed by atoms with Crippen molar-refractivity contribution in [3.63, 3.8) is 0 Å². The summed E-state index contributed by atoms with van der Waals surface area (Å²) in [7, 11) is 0. The molecule has 6 heteroatoms. The van der Waals surface area contributed by atoms with Crippen molar-refractivity contribution < 1.29 is 0 Å². The molecule has 1 aliphatic rings. The minimum Gasteiger partial charge on any atom is -0.357 e. The van der Waals surface area contributed by atoms with Crippen molar-refractivity contribution >= 4 is 41.3 Å². The standard InChI is InChI=1S/C17H30N4S.HI/c1-4-18-17(21-10-7-8-11-21)19-13-16(20(5-2)6-3)15-9-12-22-14-15;/h9,12,14,16H,4-8,10-11,13H2,1-3H3,(H,18,19);1H. The average molecular weight is 450 g/mol. The van der Waals surface area contributed by atoms with Crippen LogP contribution in [0.25, 0.3) is 0 Å². The molecule has 1 fully saturated rings. The largest absolute Gasteiger partial charge is 0.357 e. The predicted octanol–water partition coefficient (Wildman–Crippen LogP) is 3.81. The van der Waals surface area contributed by atoms with E-state index in [1.165, 1.54) is 18.4 Å². The Hall–Kier alpha value is -0.340. The van der Waals surface area contributed by atoms with Gasteiger partial charge in [-0.2, -0.15) is 11.3 Å². The molecule has 0 bridgehead atoms. The fourth-order valence-corrected chi connectivity index (χ4v) is 3.80. The molecule has 23 heavy (non-hydrogen) atoms. The van der Waals surface area contributed by atoms with Gasteiger partial charge in [-0.1, -0.05) is 13.8 Å². The number of rotatable bonds is 7. The summed E-state index contributed by atoms with van der Waals surface area (Å²) in [6, 6.07) is 2.63. The van der Waals surface area contributed by atoms with Gasteiger partial charge in [-0.25, -0.2) is 0 Å².